The fourth-order valence-corrected chi connectivity index (χ4v) is 1.64. The third kappa shape index (κ3) is 2.90. The average Bonchev–Trinajstić information content (AvgIpc) is 2.49. The summed E-state index contributed by atoms with van der Waals surface area (Å²) in [6.45, 7) is 3.84. The van der Waals surface area contributed by atoms with Gasteiger partial charge in [-0.3, -0.25) is 4.79 Å². The van der Waals surface area contributed by atoms with E-state index in [0.717, 1.165) is 10.7 Å². The molecule has 0 saturated carbocycles. The number of carbonyl (C=O) groups is 1. The smallest absolute Gasteiger partial charge is 0.155 e. The molecule has 1 unspecified atom stereocenters. The lowest BCUT2D eigenvalue weighted by Crippen LogP contribution is -2.30. The second-order valence-electron chi connectivity index (χ2n) is 3.02. The SMILES string of the molecule is CCC(N)C(=O)Cc1csc(C)n1. The van der Waals surface area contributed by atoms with Crippen molar-refractivity contribution in [3.63, 3.8) is 0 Å². The molecule has 3 nitrogen and oxygen atoms in total. The summed E-state index contributed by atoms with van der Waals surface area (Å²) in [5.74, 6) is 0.0767. The van der Waals surface area contributed by atoms with Gasteiger partial charge in [-0.25, -0.2) is 4.98 Å². The van der Waals surface area contributed by atoms with Crippen molar-refractivity contribution in [3.8, 4) is 0 Å². The van der Waals surface area contributed by atoms with Crippen LogP contribution >= 0.6 is 11.3 Å². The van der Waals surface area contributed by atoms with E-state index >= 15 is 0 Å². The van der Waals surface area contributed by atoms with Gasteiger partial charge >= 0.3 is 0 Å². The summed E-state index contributed by atoms with van der Waals surface area (Å²) >= 11 is 1.56. The summed E-state index contributed by atoms with van der Waals surface area (Å²) in [6.07, 6.45) is 1.07. The molecule has 0 aliphatic carbocycles. The maximum absolute atomic E-state index is 11.4. The van der Waals surface area contributed by atoms with Crippen LogP contribution in [0.25, 0.3) is 0 Å². The number of carbonyl (C=O) groups excluding carboxylic acids is 1. The molecule has 0 bridgehead atoms. The zero-order chi connectivity index (χ0) is 9.84. The van der Waals surface area contributed by atoms with E-state index in [4.69, 9.17) is 5.73 Å². The first-order valence-corrected chi connectivity index (χ1v) is 5.20. The second-order valence-corrected chi connectivity index (χ2v) is 4.08. The minimum atomic E-state index is -0.331. The van der Waals surface area contributed by atoms with Crippen molar-refractivity contribution < 1.29 is 4.79 Å². The highest BCUT2D eigenvalue weighted by Gasteiger charge is 2.12. The van der Waals surface area contributed by atoms with Gasteiger partial charge in [0.15, 0.2) is 5.78 Å². The first-order chi connectivity index (χ1) is 6.13. The van der Waals surface area contributed by atoms with E-state index in [-0.39, 0.29) is 11.8 Å². The first kappa shape index (κ1) is 10.3. The Hall–Kier alpha value is -0.740. The zero-order valence-corrected chi connectivity index (χ0v) is 8.73. The fourth-order valence-electron chi connectivity index (χ4n) is 1.03. The molecule has 1 atom stereocenters. The molecule has 1 aromatic heterocycles. The molecule has 0 aliphatic rings. The third-order valence-corrected chi connectivity index (χ3v) is 2.70. The van der Waals surface area contributed by atoms with Gasteiger partial charge in [-0.05, 0) is 13.3 Å². The molecule has 0 radical (unpaired) electrons. The Labute approximate surface area is 82.0 Å². The van der Waals surface area contributed by atoms with Crippen LogP contribution < -0.4 is 5.73 Å². The number of nitrogens with two attached hydrogens (primary N) is 1. The largest absolute Gasteiger partial charge is 0.322 e. The lowest BCUT2D eigenvalue weighted by Gasteiger charge is -2.04. The van der Waals surface area contributed by atoms with Crippen LogP contribution in [0.4, 0.5) is 0 Å². The molecule has 4 heteroatoms. The maximum atomic E-state index is 11.4. The molecule has 0 aromatic carbocycles. The Balaban J connectivity index is 2.54. The van der Waals surface area contributed by atoms with Gasteiger partial charge < -0.3 is 5.73 Å². The second kappa shape index (κ2) is 4.48. The minimum Gasteiger partial charge on any atom is -0.322 e. The summed E-state index contributed by atoms with van der Waals surface area (Å²) in [5.41, 5.74) is 6.44. The van der Waals surface area contributed by atoms with Crippen LogP contribution in [0.3, 0.4) is 0 Å². The van der Waals surface area contributed by atoms with Gasteiger partial charge in [-0.2, -0.15) is 0 Å². The number of Topliss-reactive ketones (excluding diaryl/α,β-unsaturated/α-hetero) is 1. The molecule has 0 aliphatic heterocycles. The third-order valence-electron chi connectivity index (χ3n) is 1.88. The Bertz CT molecular complexity index is 296. The van der Waals surface area contributed by atoms with Crippen molar-refractivity contribution in [2.75, 3.05) is 0 Å². The molecule has 1 aromatic rings. The quantitative estimate of drug-likeness (QED) is 0.793. The van der Waals surface area contributed by atoms with Crippen molar-refractivity contribution in [1.29, 1.82) is 0 Å². The lowest BCUT2D eigenvalue weighted by molar-refractivity contribution is -0.119. The van der Waals surface area contributed by atoms with Gasteiger partial charge in [0.2, 0.25) is 0 Å². The maximum Gasteiger partial charge on any atom is 0.155 e. The molecule has 0 spiro atoms. The number of aromatic nitrogens is 1. The minimum absolute atomic E-state index is 0.0767. The zero-order valence-electron chi connectivity index (χ0n) is 7.91. The molecule has 1 rings (SSSR count). The predicted molar refractivity (Wildman–Crippen MR) is 53.8 cm³/mol. The Morgan fingerprint density at radius 1 is 1.77 bits per heavy atom. The highest BCUT2D eigenvalue weighted by Crippen LogP contribution is 2.09. The molecule has 1 heterocycles. The standard InChI is InChI=1S/C9H14N2OS/c1-3-8(10)9(12)4-7-5-13-6(2)11-7/h5,8H,3-4,10H2,1-2H3. The summed E-state index contributed by atoms with van der Waals surface area (Å²) in [7, 11) is 0. The summed E-state index contributed by atoms with van der Waals surface area (Å²) in [6, 6.07) is -0.331. The van der Waals surface area contributed by atoms with Crippen LogP contribution in [-0.4, -0.2) is 16.8 Å². The number of hydrogen-bond donors (Lipinski definition) is 1. The van der Waals surface area contributed by atoms with E-state index in [9.17, 15) is 4.79 Å². The van der Waals surface area contributed by atoms with E-state index in [1.165, 1.54) is 0 Å². The monoisotopic (exact) mass is 198 g/mol. The van der Waals surface area contributed by atoms with Crippen molar-refractivity contribution in [3.05, 3.63) is 16.1 Å². The van der Waals surface area contributed by atoms with Crippen LogP contribution in [0.1, 0.15) is 24.0 Å². The molecular formula is C9H14N2OS. The van der Waals surface area contributed by atoms with E-state index in [1.807, 2.05) is 19.2 Å². The fraction of sp³-hybridized carbons (Fsp3) is 0.556. The van der Waals surface area contributed by atoms with Gasteiger partial charge in [0.25, 0.3) is 0 Å². The predicted octanol–water partition coefficient (Wildman–Crippen LogP) is 1.30. The molecule has 0 saturated heterocycles. The number of hydrogen-bond acceptors (Lipinski definition) is 4. The highest BCUT2D eigenvalue weighted by molar-refractivity contribution is 7.09. The van der Waals surface area contributed by atoms with Crippen LogP contribution in [-0.2, 0) is 11.2 Å². The molecule has 2 N–H and O–H groups in total. The van der Waals surface area contributed by atoms with Crippen LogP contribution in [0, 0.1) is 6.92 Å². The number of aryl methyl sites for hydroxylation is 1. The summed E-state index contributed by atoms with van der Waals surface area (Å²) < 4.78 is 0. The van der Waals surface area contributed by atoms with E-state index < -0.39 is 0 Å². The van der Waals surface area contributed by atoms with Crippen LogP contribution in [0.2, 0.25) is 0 Å². The van der Waals surface area contributed by atoms with Crippen molar-refractivity contribution in [2.24, 2.45) is 5.73 Å². The number of ketones is 1. The Morgan fingerprint density at radius 3 is 2.92 bits per heavy atom. The van der Waals surface area contributed by atoms with Gasteiger partial charge in [0, 0.05) is 5.38 Å². The average molecular weight is 198 g/mol. The van der Waals surface area contributed by atoms with E-state index in [0.29, 0.717) is 12.8 Å². The lowest BCUT2D eigenvalue weighted by atomic mass is 10.1. The Kier molecular flexibility index (Phi) is 3.57. The Morgan fingerprint density at radius 2 is 2.46 bits per heavy atom. The normalized spacial score (nSPS) is 12.8. The van der Waals surface area contributed by atoms with Gasteiger partial charge in [0.05, 0.1) is 23.2 Å². The van der Waals surface area contributed by atoms with Crippen molar-refractivity contribution in [2.45, 2.75) is 32.7 Å². The number of nitrogens with zero attached hydrogens (tertiary/aromatic N) is 1. The van der Waals surface area contributed by atoms with Crippen LogP contribution in [0.15, 0.2) is 5.38 Å². The van der Waals surface area contributed by atoms with E-state index in [1.54, 1.807) is 11.3 Å². The van der Waals surface area contributed by atoms with Gasteiger partial charge in [-0.1, -0.05) is 6.92 Å². The summed E-state index contributed by atoms with van der Waals surface area (Å²) in [4.78, 5) is 15.6. The topological polar surface area (TPSA) is 56.0 Å². The molecule has 0 fully saturated rings. The first-order valence-electron chi connectivity index (χ1n) is 4.32. The molecule has 0 amide bonds. The van der Waals surface area contributed by atoms with Crippen molar-refractivity contribution in [1.82, 2.24) is 4.98 Å². The van der Waals surface area contributed by atoms with Crippen molar-refractivity contribution >= 4 is 17.1 Å². The van der Waals surface area contributed by atoms with Crippen LogP contribution in [0.5, 0.6) is 0 Å². The van der Waals surface area contributed by atoms with Gasteiger partial charge in [-0.15, -0.1) is 11.3 Å². The molecular weight excluding hydrogens is 184 g/mol. The highest BCUT2D eigenvalue weighted by atomic mass is 32.1. The summed E-state index contributed by atoms with van der Waals surface area (Å²) in [5, 5.41) is 2.91. The number of thiazole rings is 1. The number of rotatable bonds is 4. The van der Waals surface area contributed by atoms with E-state index in [2.05, 4.69) is 4.98 Å². The van der Waals surface area contributed by atoms with Gasteiger partial charge in [0.1, 0.15) is 0 Å². The molecule has 13 heavy (non-hydrogen) atoms. The molecule has 72 valence electrons.